The van der Waals surface area contributed by atoms with E-state index in [4.69, 9.17) is 14.7 Å². The molecule has 6 rings (SSSR count). The number of anilines is 5. The first-order chi connectivity index (χ1) is 17.3. The maximum atomic E-state index is 5.46. The van der Waals surface area contributed by atoms with Crippen molar-refractivity contribution in [2.75, 3.05) is 41.8 Å². The van der Waals surface area contributed by atoms with Gasteiger partial charge in [-0.25, -0.2) is 9.97 Å². The van der Waals surface area contributed by atoms with Crippen molar-refractivity contribution >= 4 is 40.1 Å². The molecule has 0 saturated carbocycles. The second-order valence-corrected chi connectivity index (χ2v) is 8.01. The SMILES string of the molecule is c1ccc(-n2cnc3c(Nc4ccc(N5CCOCC5)cc4)nc(Nc4cnccn4)nc32)cc1. The van der Waals surface area contributed by atoms with Crippen LogP contribution in [0.5, 0.6) is 0 Å². The van der Waals surface area contributed by atoms with Crippen LogP contribution in [0.25, 0.3) is 16.9 Å². The van der Waals surface area contributed by atoms with Crippen LogP contribution >= 0.6 is 0 Å². The van der Waals surface area contributed by atoms with E-state index in [1.807, 2.05) is 47.0 Å². The van der Waals surface area contributed by atoms with Gasteiger partial charge in [-0.2, -0.15) is 9.97 Å². The molecule has 1 aliphatic rings. The summed E-state index contributed by atoms with van der Waals surface area (Å²) in [7, 11) is 0. The fourth-order valence-electron chi connectivity index (χ4n) is 4.01. The highest BCUT2D eigenvalue weighted by Crippen LogP contribution is 2.28. The number of hydrogen-bond acceptors (Lipinski definition) is 9. The van der Waals surface area contributed by atoms with Crippen molar-refractivity contribution in [1.82, 2.24) is 29.5 Å². The molecule has 10 heteroatoms. The Morgan fingerprint density at radius 3 is 2.40 bits per heavy atom. The van der Waals surface area contributed by atoms with Crippen molar-refractivity contribution in [1.29, 1.82) is 0 Å². The molecule has 0 atom stereocenters. The number of nitrogens with one attached hydrogen (secondary N) is 2. The van der Waals surface area contributed by atoms with Crippen LogP contribution in [0.15, 0.2) is 79.5 Å². The molecule has 0 bridgehead atoms. The Balaban J connectivity index is 1.36. The van der Waals surface area contributed by atoms with Gasteiger partial charge >= 0.3 is 0 Å². The predicted octanol–water partition coefficient (Wildman–Crippen LogP) is 3.93. The average Bonchev–Trinajstić information content (AvgIpc) is 3.35. The molecule has 5 aromatic rings. The van der Waals surface area contributed by atoms with E-state index >= 15 is 0 Å². The zero-order valence-corrected chi connectivity index (χ0v) is 18.9. The summed E-state index contributed by atoms with van der Waals surface area (Å²) in [4.78, 5) is 24.8. The van der Waals surface area contributed by atoms with E-state index in [-0.39, 0.29) is 0 Å². The number of imidazole rings is 1. The third-order valence-electron chi connectivity index (χ3n) is 5.74. The Morgan fingerprint density at radius 1 is 0.800 bits per heavy atom. The van der Waals surface area contributed by atoms with Crippen LogP contribution in [-0.4, -0.2) is 55.8 Å². The van der Waals surface area contributed by atoms with Crippen LogP contribution in [0.3, 0.4) is 0 Å². The Labute approximate surface area is 201 Å². The Hall–Kier alpha value is -4.57. The number of rotatable bonds is 6. The van der Waals surface area contributed by atoms with Crippen molar-refractivity contribution in [3.05, 3.63) is 79.5 Å². The Bertz CT molecular complexity index is 1420. The topological polar surface area (TPSA) is 106 Å². The largest absolute Gasteiger partial charge is 0.378 e. The van der Waals surface area contributed by atoms with E-state index in [9.17, 15) is 0 Å². The number of morpholine rings is 1. The fraction of sp³-hybridized carbons (Fsp3) is 0.160. The number of fused-ring (bicyclic) bond motifs is 1. The third kappa shape index (κ3) is 4.46. The Kier molecular flexibility index (Phi) is 5.61. The molecule has 0 amide bonds. The molecule has 10 nitrogen and oxygen atoms in total. The summed E-state index contributed by atoms with van der Waals surface area (Å²) in [5.74, 6) is 1.54. The summed E-state index contributed by atoms with van der Waals surface area (Å²) in [6.07, 6.45) is 6.62. The van der Waals surface area contributed by atoms with Crippen LogP contribution in [0.4, 0.5) is 29.0 Å². The molecule has 0 aliphatic carbocycles. The zero-order valence-electron chi connectivity index (χ0n) is 18.9. The van der Waals surface area contributed by atoms with Gasteiger partial charge in [0.15, 0.2) is 22.8 Å². The van der Waals surface area contributed by atoms with E-state index in [1.165, 1.54) is 5.69 Å². The standard InChI is InChI=1S/C25H23N9O/c1-2-4-20(5-3-1)34-17-28-22-23(31-25(32-24(22)34)30-21-16-26-10-11-27-21)29-18-6-8-19(9-7-18)33-12-14-35-15-13-33/h1-11,16-17H,12-15H2,(H2,27,29,30,31,32). The van der Waals surface area contributed by atoms with Gasteiger partial charge in [0.2, 0.25) is 5.95 Å². The van der Waals surface area contributed by atoms with Crippen molar-refractivity contribution in [3.8, 4) is 5.69 Å². The van der Waals surface area contributed by atoms with Crippen LogP contribution < -0.4 is 15.5 Å². The molecule has 35 heavy (non-hydrogen) atoms. The first-order valence-electron chi connectivity index (χ1n) is 11.4. The van der Waals surface area contributed by atoms with E-state index in [1.54, 1.807) is 24.9 Å². The lowest BCUT2D eigenvalue weighted by Crippen LogP contribution is -2.36. The fourth-order valence-corrected chi connectivity index (χ4v) is 4.01. The molecule has 1 fully saturated rings. The highest BCUT2D eigenvalue weighted by Gasteiger charge is 2.16. The number of ether oxygens (including phenoxy) is 1. The van der Waals surface area contributed by atoms with E-state index in [0.29, 0.717) is 28.7 Å². The number of benzene rings is 2. The number of para-hydroxylation sites is 1. The van der Waals surface area contributed by atoms with E-state index in [0.717, 1.165) is 37.7 Å². The molecule has 174 valence electrons. The quantitative estimate of drug-likeness (QED) is 0.386. The molecule has 1 aliphatic heterocycles. The second kappa shape index (κ2) is 9.35. The van der Waals surface area contributed by atoms with Gasteiger partial charge in [-0.05, 0) is 36.4 Å². The molecule has 2 aromatic carbocycles. The highest BCUT2D eigenvalue weighted by atomic mass is 16.5. The summed E-state index contributed by atoms with van der Waals surface area (Å²) in [5, 5.41) is 6.57. The lowest BCUT2D eigenvalue weighted by atomic mass is 10.2. The number of hydrogen-bond donors (Lipinski definition) is 2. The third-order valence-corrected chi connectivity index (χ3v) is 5.74. The van der Waals surface area contributed by atoms with Crippen LogP contribution in [0.1, 0.15) is 0 Å². The van der Waals surface area contributed by atoms with Crippen LogP contribution in [0, 0.1) is 0 Å². The highest BCUT2D eigenvalue weighted by molar-refractivity contribution is 5.88. The van der Waals surface area contributed by atoms with Crippen LogP contribution in [0.2, 0.25) is 0 Å². The van der Waals surface area contributed by atoms with Gasteiger partial charge in [0.1, 0.15) is 6.33 Å². The van der Waals surface area contributed by atoms with Gasteiger partial charge < -0.3 is 20.3 Å². The first kappa shape index (κ1) is 21.0. The van der Waals surface area contributed by atoms with Gasteiger partial charge in [-0.1, -0.05) is 18.2 Å². The smallest absolute Gasteiger partial charge is 0.232 e. The second-order valence-electron chi connectivity index (χ2n) is 8.01. The maximum Gasteiger partial charge on any atom is 0.232 e. The maximum absolute atomic E-state index is 5.46. The lowest BCUT2D eigenvalue weighted by Gasteiger charge is -2.28. The molecule has 1 saturated heterocycles. The normalized spacial score (nSPS) is 13.7. The molecule has 0 spiro atoms. The summed E-state index contributed by atoms with van der Waals surface area (Å²) >= 11 is 0. The van der Waals surface area contributed by atoms with Crippen molar-refractivity contribution in [2.45, 2.75) is 0 Å². The van der Waals surface area contributed by atoms with Gasteiger partial charge in [0.05, 0.1) is 19.4 Å². The summed E-state index contributed by atoms with van der Waals surface area (Å²) in [5.41, 5.74) is 4.37. The molecule has 4 heterocycles. The monoisotopic (exact) mass is 465 g/mol. The van der Waals surface area contributed by atoms with E-state index < -0.39 is 0 Å². The average molecular weight is 466 g/mol. The summed E-state index contributed by atoms with van der Waals surface area (Å²) in [6.45, 7) is 3.30. The van der Waals surface area contributed by atoms with Crippen molar-refractivity contribution in [2.24, 2.45) is 0 Å². The van der Waals surface area contributed by atoms with Gasteiger partial charge in [-0.15, -0.1) is 0 Å². The van der Waals surface area contributed by atoms with E-state index in [2.05, 4.69) is 42.6 Å². The molecule has 0 radical (unpaired) electrons. The van der Waals surface area contributed by atoms with Gasteiger partial charge in [0, 0.05) is 42.5 Å². The minimum atomic E-state index is 0.392. The molecule has 0 unspecified atom stereocenters. The van der Waals surface area contributed by atoms with Crippen LogP contribution in [-0.2, 0) is 4.74 Å². The molecule has 3 aromatic heterocycles. The zero-order chi connectivity index (χ0) is 23.5. The molecule has 2 N–H and O–H groups in total. The van der Waals surface area contributed by atoms with Gasteiger partial charge in [-0.3, -0.25) is 9.55 Å². The predicted molar refractivity (Wildman–Crippen MR) is 135 cm³/mol. The number of nitrogens with zero attached hydrogens (tertiary/aromatic N) is 7. The van der Waals surface area contributed by atoms with Crippen molar-refractivity contribution in [3.63, 3.8) is 0 Å². The minimum absolute atomic E-state index is 0.392. The summed E-state index contributed by atoms with van der Waals surface area (Å²) in [6, 6.07) is 18.3. The molecular formula is C25H23N9O. The minimum Gasteiger partial charge on any atom is -0.378 e. The summed E-state index contributed by atoms with van der Waals surface area (Å²) < 4.78 is 7.40. The first-order valence-corrected chi connectivity index (χ1v) is 11.4. The van der Waals surface area contributed by atoms with Gasteiger partial charge in [0.25, 0.3) is 0 Å². The lowest BCUT2D eigenvalue weighted by molar-refractivity contribution is 0.122. The van der Waals surface area contributed by atoms with Crippen molar-refractivity contribution < 1.29 is 4.74 Å². The number of aromatic nitrogens is 6. The Morgan fingerprint density at radius 2 is 1.63 bits per heavy atom. The molecular weight excluding hydrogens is 442 g/mol.